The van der Waals surface area contributed by atoms with Crippen LogP contribution in [0, 0.1) is 6.92 Å². The average molecular weight is 332 g/mol. The van der Waals surface area contributed by atoms with Crippen LogP contribution < -0.4 is 4.72 Å². The van der Waals surface area contributed by atoms with Gasteiger partial charge in [-0.05, 0) is 34.5 Å². The third kappa shape index (κ3) is 2.36. The molecule has 0 aliphatic rings. The zero-order chi connectivity index (χ0) is 13.3. The number of sulfonamides is 1. The van der Waals surface area contributed by atoms with Crippen LogP contribution in [0.15, 0.2) is 28.1 Å². The van der Waals surface area contributed by atoms with E-state index >= 15 is 0 Å². The average Bonchev–Trinajstić information content (AvgIpc) is 2.62. The maximum absolute atomic E-state index is 12.2. The number of anilines is 1. The number of pyridine rings is 1. The molecule has 0 fully saturated rings. The Hall–Kier alpha value is -1.48. The van der Waals surface area contributed by atoms with Crippen molar-refractivity contribution in [2.45, 2.75) is 11.9 Å². The van der Waals surface area contributed by atoms with Crippen molar-refractivity contribution in [3.63, 3.8) is 0 Å². The molecule has 7 nitrogen and oxygen atoms in total. The van der Waals surface area contributed by atoms with Gasteiger partial charge in [-0.25, -0.2) is 4.68 Å². The molecule has 0 bridgehead atoms. The molecule has 18 heavy (non-hydrogen) atoms. The predicted molar refractivity (Wildman–Crippen MR) is 68.5 cm³/mol. The Bertz CT molecular complexity index is 663. The molecule has 96 valence electrons. The minimum Gasteiger partial charge on any atom is -0.276 e. The predicted octanol–water partition coefficient (Wildman–Crippen LogP) is 1.08. The molecule has 0 amide bonds. The van der Waals surface area contributed by atoms with Crippen molar-refractivity contribution in [1.82, 2.24) is 20.0 Å². The molecular formula is C9H10BrN5O2S. The topological polar surface area (TPSA) is 89.8 Å². The molecule has 0 atom stereocenters. The van der Waals surface area contributed by atoms with E-state index in [9.17, 15) is 8.42 Å². The summed E-state index contributed by atoms with van der Waals surface area (Å²) in [5.41, 5.74) is 1.20. The second-order valence-electron chi connectivity index (χ2n) is 3.61. The number of rotatable bonds is 3. The smallest absolute Gasteiger partial charge is 0.276 e. The van der Waals surface area contributed by atoms with Crippen LogP contribution in [-0.4, -0.2) is 28.4 Å². The summed E-state index contributed by atoms with van der Waals surface area (Å²) in [6, 6.07) is 1.72. The molecule has 0 aliphatic heterocycles. The minimum atomic E-state index is -3.75. The van der Waals surface area contributed by atoms with Crippen LogP contribution in [0.5, 0.6) is 0 Å². The first-order chi connectivity index (χ1) is 8.42. The number of nitrogens with zero attached hydrogens (tertiary/aromatic N) is 4. The highest BCUT2D eigenvalue weighted by Gasteiger charge is 2.24. The van der Waals surface area contributed by atoms with Gasteiger partial charge in [0.15, 0.2) is 4.60 Å². The van der Waals surface area contributed by atoms with Gasteiger partial charge in [0.1, 0.15) is 0 Å². The van der Waals surface area contributed by atoms with Crippen molar-refractivity contribution in [3.05, 3.63) is 28.6 Å². The third-order valence-electron chi connectivity index (χ3n) is 2.28. The largest absolute Gasteiger partial charge is 0.281 e. The summed E-state index contributed by atoms with van der Waals surface area (Å²) in [6.45, 7) is 1.79. The van der Waals surface area contributed by atoms with E-state index in [4.69, 9.17) is 0 Å². The van der Waals surface area contributed by atoms with E-state index in [2.05, 4.69) is 35.9 Å². The maximum atomic E-state index is 12.2. The normalized spacial score (nSPS) is 11.5. The van der Waals surface area contributed by atoms with Crippen LogP contribution in [0.2, 0.25) is 0 Å². The number of halogens is 1. The lowest BCUT2D eigenvalue weighted by Gasteiger charge is -2.09. The summed E-state index contributed by atoms with van der Waals surface area (Å²) in [7, 11) is -2.25. The fraction of sp³-hybridized carbons (Fsp3) is 0.222. The number of hydrogen-bond acceptors (Lipinski definition) is 5. The number of hydrogen-bond donors (Lipinski definition) is 1. The quantitative estimate of drug-likeness (QED) is 0.908. The summed E-state index contributed by atoms with van der Waals surface area (Å²) >= 11 is 3.06. The van der Waals surface area contributed by atoms with E-state index in [0.29, 0.717) is 5.69 Å². The van der Waals surface area contributed by atoms with Crippen molar-refractivity contribution in [3.8, 4) is 0 Å². The Kier molecular flexibility index (Phi) is 3.35. The van der Waals surface area contributed by atoms with Gasteiger partial charge in [-0.15, -0.1) is 5.10 Å². The van der Waals surface area contributed by atoms with Gasteiger partial charge in [0, 0.05) is 13.2 Å². The minimum absolute atomic E-state index is 0.0363. The number of nitrogens with one attached hydrogen (secondary N) is 1. The second-order valence-corrected chi connectivity index (χ2v) is 5.95. The van der Waals surface area contributed by atoms with Crippen molar-refractivity contribution in [2.24, 2.45) is 7.05 Å². The van der Waals surface area contributed by atoms with Gasteiger partial charge < -0.3 is 0 Å². The van der Waals surface area contributed by atoms with Crippen molar-refractivity contribution in [2.75, 3.05) is 4.72 Å². The molecule has 0 aromatic carbocycles. The first-order valence-electron chi connectivity index (χ1n) is 4.90. The Balaban J connectivity index is 2.43. The van der Waals surface area contributed by atoms with E-state index in [1.165, 1.54) is 17.9 Å². The van der Waals surface area contributed by atoms with Crippen LogP contribution in [-0.2, 0) is 17.1 Å². The van der Waals surface area contributed by atoms with Crippen LogP contribution >= 0.6 is 15.9 Å². The highest BCUT2D eigenvalue weighted by Crippen LogP contribution is 2.22. The van der Waals surface area contributed by atoms with E-state index in [1.54, 1.807) is 19.2 Å². The van der Waals surface area contributed by atoms with Crippen LogP contribution in [0.4, 0.5) is 5.69 Å². The zero-order valence-electron chi connectivity index (χ0n) is 9.62. The summed E-state index contributed by atoms with van der Waals surface area (Å²) in [6.07, 6.45) is 3.04. The van der Waals surface area contributed by atoms with Crippen molar-refractivity contribution >= 4 is 31.6 Å². The van der Waals surface area contributed by atoms with E-state index < -0.39 is 10.0 Å². The Labute approximate surface area is 112 Å². The van der Waals surface area contributed by atoms with Crippen molar-refractivity contribution in [1.29, 1.82) is 0 Å². The molecule has 1 N–H and O–H groups in total. The van der Waals surface area contributed by atoms with E-state index in [-0.39, 0.29) is 9.63 Å². The first kappa shape index (κ1) is 13.0. The van der Waals surface area contributed by atoms with Gasteiger partial charge in [0.25, 0.3) is 10.0 Å². The fourth-order valence-corrected chi connectivity index (χ4v) is 3.59. The Morgan fingerprint density at radius 3 is 2.72 bits per heavy atom. The SMILES string of the molecule is Cc1ccncc1NS(=O)(=O)c1c(Br)nnn1C. The van der Waals surface area contributed by atoms with Crippen LogP contribution in [0.3, 0.4) is 0 Å². The molecule has 2 rings (SSSR count). The van der Waals surface area contributed by atoms with Gasteiger partial charge in [0.05, 0.1) is 11.9 Å². The Morgan fingerprint density at radius 1 is 1.44 bits per heavy atom. The Morgan fingerprint density at radius 2 is 2.17 bits per heavy atom. The lowest BCUT2D eigenvalue weighted by atomic mass is 10.3. The maximum Gasteiger partial charge on any atom is 0.281 e. The highest BCUT2D eigenvalue weighted by atomic mass is 79.9. The molecule has 0 saturated carbocycles. The first-order valence-corrected chi connectivity index (χ1v) is 7.18. The third-order valence-corrected chi connectivity index (χ3v) is 4.53. The molecular weight excluding hydrogens is 322 g/mol. The van der Waals surface area contributed by atoms with Gasteiger partial charge in [0.2, 0.25) is 5.03 Å². The fourth-order valence-electron chi connectivity index (χ4n) is 1.37. The lowest BCUT2D eigenvalue weighted by molar-refractivity contribution is 0.578. The molecule has 0 aliphatic carbocycles. The molecule has 0 unspecified atom stereocenters. The molecule has 9 heteroatoms. The van der Waals surface area contributed by atoms with Crippen molar-refractivity contribution < 1.29 is 8.42 Å². The summed E-state index contributed by atoms with van der Waals surface area (Å²) in [4.78, 5) is 3.88. The molecule has 0 saturated heterocycles. The molecule has 0 spiro atoms. The molecule has 2 aromatic heterocycles. The van der Waals surface area contributed by atoms with Crippen LogP contribution in [0.1, 0.15) is 5.56 Å². The summed E-state index contributed by atoms with van der Waals surface area (Å²) in [5.74, 6) is 0. The number of aromatic nitrogens is 4. The van der Waals surface area contributed by atoms with E-state index in [1.807, 2.05) is 0 Å². The highest BCUT2D eigenvalue weighted by molar-refractivity contribution is 9.10. The summed E-state index contributed by atoms with van der Waals surface area (Å²) < 4.78 is 28.2. The molecule has 2 heterocycles. The zero-order valence-corrected chi connectivity index (χ0v) is 12.0. The summed E-state index contributed by atoms with van der Waals surface area (Å²) in [5, 5.41) is 7.24. The van der Waals surface area contributed by atoms with Gasteiger partial charge >= 0.3 is 0 Å². The lowest BCUT2D eigenvalue weighted by Crippen LogP contribution is -2.17. The number of aryl methyl sites for hydroxylation is 2. The van der Waals surface area contributed by atoms with Gasteiger partial charge in [-0.1, -0.05) is 5.21 Å². The monoisotopic (exact) mass is 331 g/mol. The molecule has 2 aromatic rings. The standard InChI is InChI=1S/C9H10BrN5O2S/c1-6-3-4-11-5-7(6)13-18(16,17)9-8(10)12-14-15(9)2/h3-5,13H,1-2H3. The van der Waals surface area contributed by atoms with Gasteiger partial charge in [-0.3, -0.25) is 9.71 Å². The second kappa shape index (κ2) is 4.65. The molecule has 0 radical (unpaired) electrons. The van der Waals surface area contributed by atoms with Crippen LogP contribution in [0.25, 0.3) is 0 Å². The van der Waals surface area contributed by atoms with E-state index in [0.717, 1.165) is 5.56 Å². The van der Waals surface area contributed by atoms with Gasteiger partial charge in [-0.2, -0.15) is 8.42 Å².